The predicted molar refractivity (Wildman–Crippen MR) is 137 cm³/mol. The molecule has 2 heterocycles. The van der Waals surface area contributed by atoms with Gasteiger partial charge in [0.2, 0.25) is 0 Å². The van der Waals surface area contributed by atoms with E-state index in [0.29, 0.717) is 4.91 Å². The number of amides is 1. The quantitative estimate of drug-likeness (QED) is 0.361. The summed E-state index contributed by atoms with van der Waals surface area (Å²) in [5.74, 6) is -0.912. The topological polar surface area (TPSA) is 74.9 Å². The van der Waals surface area contributed by atoms with E-state index in [4.69, 9.17) is 4.99 Å². The number of aromatic nitrogens is 1. The molecular formula is C27H27N3O3S. The van der Waals surface area contributed by atoms with Crippen molar-refractivity contribution in [3.05, 3.63) is 71.3 Å². The van der Waals surface area contributed by atoms with Crippen LogP contribution in [0.2, 0.25) is 0 Å². The van der Waals surface area contributed by atoms with E-state index in [9.17, 15) is 14.7 Å². The number of benzene rings is 2. The fourth-order valence-corrected chi connectivity index (χ4v) is 5.87. The van der Waals surface area contributed by atoms with Crippen LogP contribution in [0.3, 0.4) is 0 Å². The molecule has 0 atom stereocenters. The van der Waals surface area contributed by atoms with Gasteiger partial charge in [-0.05, 0) is 48.9 Å². The van der Waals surface area contributed by atoms with Crippen LogP contribution >= 0.6 is 11.8 Å². The van der Waals surface area contributed by atoms with Gasteiger partial charge in [-0.1, -0.05) is 62.1 Å². The molecule has 1 aliphatic carbocycles. The average molecular weight is 474 g/mol. The Morgan fingerprint density at radius 3 is 2.47 bits per heavy atom. The molecule has 0 bridgehead atoms. The second-order valence-corrected chi connectivity index (χ2v) is 9.79. The van der Waals surface area contributed by atoms with E-state index in [2.05, 4.69) is 0 Å². The van der Waals surface area contributed by atoms with Crippen LogP contribution in [0.1, 0.15) is 44.1 Å². The average Bonchev–Trinajstić information content (AvgIpc) is 3.17. The van der Waals surface area contributed by atoms with E-state index < -0.39 is 5.97 Å². The molecule has 34 heavy (non-hydrogen) atoms. The lowest BCUT2D eigenvalue weighted by Gasteiger charge is -2.26. The molecule has 5 rings (SSSR count). The van der Waals surface area contributed by atoms with Crippen LogP contribution in [0.25, 0.3) is 17.0 Å². The van der Waals surface area contributed by atoms with Crippen molar-refractivity contribution >= 4 is 51.5 Å². The first-order valence-electron chi connectivity index (χ1n) is 11.8. The Morgan fingerprint density at radius 2 is 1.74 bits per heavy atom. The van der Waals surface area contributed by atoms with Crippen LogP contribution in [0.4, 0.5) is 5.69 Å². The van der Waals surface area contributed by atoms with Gasteiger partial charge in [-0.25, -0.2) is 4.99 Å². The third-order valence-electron chi connectivity index (χ3n) is 6.42. The number of carboxylic acid groups (broad SMARTS) is 1. The van der Waals surface area contributed by atoms with Crippen molar-refractivity contribution in [3.63, 3.8) is 0 Å². The van der Waals surface area contributed by atoms with Gasteiger partial charge >= 0.3 is 5.97 Å². The highest BCUT2D eigenvalue weighted by atomic mass is 32.2. The maximum Gasteiger partial charge on any atom is 0.323 e. The number of carbonyl (C=O) groups excluding carboxylic acids is 1. The van der Waals surface area contributed by atoms with Crippen LogP contribution in [-0.2, 0) is 16.1 Å². The number of aliphatic imine (C=N–C) groups is 1. The smallest absolute Gasteiger partial charge is 0.323 e. The number of aliphatic carboxylic acids is 1. The predicted octanol–water partition coefficient (Wildman–Crippen LogP) is 6.05. The maximum atomic E-state index is 13.7. The van der Waals surface area contributed by atoms with Crippen molar-refractivity contribution in [2.75, 3.05) is 0 Å². The maximum absolute atomic E-state index is 13.7. The zero-order valence-electron chi connectivity index (χ0n) is 18.9. The van der Waals surface area contributed by atoms with Gasteiger partial charge in [-0.3, -0.25) is 14.5 Å². The second kappa shape index (κ2) is 9.89. The van der Waals surface area contributed by atoms with E-state index in [1.807, 2.05) is 71.8 Å². The Kier molecular flexibility index (Phi) is 6.54. The number of hydrogen-bond acceptors (Lipinski definition) is 4. The minimum atomic E-state index is -0.900. The molecule has 1 aromatic heterocycles. The number of para-hydroxylation sites is 2. The van der Waals surface area contributed by atoms with Gasteiger partial charge in [0.05, 0.1) is 10.6 Å². The summed E-state index contributed by atoms with van der Waals surface area (Å²) in [6.45, 7) is -0.125. The van der Waals surface area contributed by atoms with E-state index >= 15 is 0 Å². The third kappa shape index (κ3) is 4.66. The van der Waals surface area contributed by atoms with Crippen LogP contribution in [-0.4, -0.2) is 37.7 Å². The molecule has 1 N–H and O–H groups in total. The molecule has 1 saturated carbocycles. The lowest BCUT2D eigenvalue weighted by Crippen LogP contribution is -2.39. The van der Waals surface area contributed by atoms with E-state index in [1.165, 1.54) is 24.6 Å². The van der Waals surface area contributed by atoms with Crippen molar-refractivity contribution in [1.29, 1.82) is 0 Å². The van der Waals surface area contributed by atoms with Gasteiger partial charge in [-0.15, -0.1) is 0 Å². The van der Waals surface area contributed by atoms with Crippen LogP contribution in [0, 0.1) is 0 Å². The van der Waals surface area contributed by atoms with Crippen molar-refractivity contribution in [1.82, 2.24) is 9.47 Å². The number of nitrogens with zero attached hydrogens (tertiary/aromatic N) is 3. The Labute approximate surface area is 203 Å². The zero-order valence-corrected chi connectivity index (χ0v) is 19.7. The molecule has 3 aromatic rings. The molecule has 0 unspecified atom stereocenters. The highest BCUT2D eigenvalue weighted by Crippen LogP contribution is 2.39. The van der Waals surface area contributed by atoms with Gasteiger partial charge in [0, 0.05) is 28.7 Å². The fourth-order valence-electron chi connectivity index (χ4n) is 4.82. The van der Waals surface area contributed by atoms with E-state index in [-0.39, 0.29) is 18.5 Å². The summed E-state index contributed by atoms with van der Waals surface area (Å²) in [5.41, 5.74) is 2.51. The molecule has 1 aliphatic heterocycles. The minimum absolute atomic E-state index is 0.0124. The number of rotatable bonds is 5. The third-order valence-corrected chi connectivity index (χ3v) is 7.40. The Hall–Kier alpha value is -3.32. The molecular weight excluding hydrogens is 446 g/mol. The molecule has 2 aliphatic rings. The summed E-state index contributed by atoms with van der Waals surface area (Å²) in [7, 11) is 0. The van der Waals surface area contributed by atoms with Crippen LogP contribution in [0.15, 0.2) is 70.7 Å². The largest absolute Gasteiger partial charge is 0.480 e. The van der Waals surface area contributed by atoms with E-state index in [1.54, 1.807) is 4.57 Å². The zero-order chi connectivity index (χ0) is 23.5. The molecule has 7 heteroatoms. The molecule has 1 amide bonds. The summed E-state index contributed by atoms with van der Waals surface area (Å²) >= 11 is 1.41. The van der Waals surface area contributed by atoms with Crippen molar-refractivity contribution in [2.45, 2.75) is 51.1 Å². The van der Waals surface area contributed by atoms with Gasteiger partial charge in [0.15, 0.2) is 5.17 Å². The number of carboxylic acids is 1. The molecule has 2 aromatic carbocycles. The summed E-state index contributed by atoms with van der Waals surface area (Å²) in [5, 5.41) is 11.0. The van der Waals surface area contributed by atoms with Gasteiger partial charge in [0.1, 0.15) is 6.54 Å². The van der Waals surface area contributed by atoms with Crippen molar-refractivity contribution in [3.8, 4) is 0 Å². The summed E-state index contributed by atoms with van der Waals surface area (Å²) in [4.78, 5) is 32.4. The van der Waals surface area contributed by atoms with Gasteiger partial charge in [0.25, 0.3) is 5.91 Å². The second-order valence-electron chi connectivity index (χ2n) is 8.78. The number of amidine groups is 1. The highest BCUT2D eigenvalue weighted by molar-refractivity contribution is 8.18. The first-order valence-corrected chi connectivity index (χ1v) is 12.6. The normalized spacial score (nSPS) is 19.9. The summed E-state index contributed by atoms with van der Waals surface area (Å²) < 4.78 is 1.72. The standard InChI is InChI=1S/C27H27N3O3S/c31-25(32)18-29-17-19(22-14-8-9-15-23(22)29)16-24-26(33)30(21-12-6-1-2-7-13-21)27(34-24)28-20-10-4-3-5-11-20/h3-5,8-11,14-17,21H,1-2,6-7,12-13,18H2,(H,31,32). The molecule has 1 saturated heterocycles. The number of fused-ring (bicyclic) bond motifs is 1. The molecule has 0 radical (unpaired) electrons. The van der Waals surface area contributed by atoms with Crippen LogP contribution in [0.5, 0.6) is 0 Å². The highest BCUT2D eigenvalue weighted by Gasteiger charge is 2.38. The van der Waals surface area contributed by atoms with Crippen LogP contribution < -0.4 is 0 Å². The Morgan fingerprint density at radius 1 is 1.03 bits per heavy atom. The fraction of sp³-hybridized carbons (Fsp3) is 0.296. The molecule has 0 spiro atoms. The lowest BCUT2D eigenvalue weighted by molar-refractivity contribution is -0.137. The number of hydrogen-bond donors (Lipinski definition) is 1. The summed E-state index contributed by atoms with van der Waals surface area (Å²) in [6.07, 6.45) is 10.4. The van der Waals surface area contributed by atoms with E-state index in [0.717, 1.165) is 53.0 Å². The molecule has 2 fully saturated rings. The first-order chi connectivity index (χ1) is 16.6. The minimum Gasteiger partial charge on any atom is -0.480 e. The molecule has 174 valence electrons. The first kappa shape index (κ1) is 22.5. The van der Waals surface area contributed by atoms with Gasteiger partial charge < -0.3 is 9.67 Å². The summed E-state index contributed by atoms with van der Waals surface area (Å²) in [6, 6.07) is 17.6. The number of thioether (sulfide) groups is 1. The van der Waals surface area contributed by atoms with Crippen molar-refractivity contribution < 1.29 is 14.7 Å². The molecule has 6 nitrogen and oxygen atoms in total. The Balaban J connectivity index is 1.55. The van der Waals surface area contributed by atoms with Crippen molar-refractivity contribution in [2.24, 2.45) is 4.99 Å². The Bertz CT molecular complexity index is 1270. The monoisotopic (exact) mass is 473 g/mol. The lowest BCUT2D eigenvalue weighted by atomic mass is 10.1. The van der Waals surface area contributed by atoms with Gasteiger partial charge in [-0.2, -0.15) is 0 Å². The SMILES string of the molecule is O=C(O)Cn1cc(C=C2SC(=Nc3ccccc3)N(C3CCCCCC3)C2=O)c2ccccc21. The number of carbonyl (C=O) groups is 2.